The smallest absolute Gasteiger partial charge is 0.231 e. The van der Waals surface area contributed by atoms with E-state index >= 15 is 0 Å². The number of nitrogens with zero attached hydrogens (tertiary/aromatic N) is 1. The zero-order valence-corrected chi connectivity index (χ0v) is 8.56. The predicted molar refractivity (Wildman–Crippen MR) is 58.6 cm³/mol. The maximum Gasteiger partial charge on any atom is 0.231 e. The molecule has 1 aromatic heterocycles. The van der Waals surface area contributed by atoms with Gasteiger partial charge in [0, 0.05) is 24.4 Å². The van der Waals surface area contributed by atoms with Gasteiger partial charge in [-0.15, -0.1) is 0 Å². The predicted octanol–water partition coefficient (Wildman–Crippen LogP) is 2.38. The van der Waals surface area contributed by atoms with Gasteiger partial charge in [0.2, 0.25) is 6.79 Å². The lowest BCUT2D eigenvalue weighted by Gasteiger charge is -2.02. The van der Waals surface area contributed by atoms with Gasteiger partial charge >= 0.3 is 0 Å². The normalized spacial score (nSPS) is 14.8. The largest absolute Gasteiger partial charge is 0.454 e. The van der Waals surface area contributed by atoms with Gasteiger partial charge in [-0.25, -0.2) is 0 Å². The van der Waals surface area contributed by atoms with Crippen molar-refractivity contribution >= 4 is 0 Å². The molecule has 16 heavy (non-hydrogen) atoms. The van der Waals surface area contributed by atoms with Crippen molar-refractivity contribution in [1.29, 1.82) is 0 Å². The van der Waals surface area contributed by atoms with Crippen molar-refractivity contribution in [2.75, 3.05) is 6.79 Å². The molecule has 3 heteroatoms. The first kappa shape index (κ1) is 8.16. The zero-order chi connectivity index (χ0) is 10.5. The molecular formula is C13H9NO2. The molecule has 0 unspecified atom stereocenters. The second-order valence-electron chi connectivity index (χ2n) is 4.07. The van der Waals surface area contributed by atoms with Crippen LogP contribution in [0.25, 0.3) is 11.1 Å². The molecule has 0 bridgehead atoms. The second kappa shape index (κ2) is 2.76. The fraction of sp³-hybridized carbons (Fsp3) is 0.154. The van der Waals surface area contributed by atoms with E-state index in [1.165, 1.54) is 16.7 Å². The van der Waals surface area contributed by atoms with E-state index in [1.54, 1.807) is 0 Å². The van der Waals surface area contributed by atoms with Gasteiger partial charge in [-0.05, 0) is 28.8 Å². The average molecular weight is 211 g/mol. The SMILES string of the molecule is c1cc2c(cc1-c1cncc3c1C3)OCO2. The molecule has 0 spiro atoms. The van der Waals surface area contributed by atoms with E-state index in [0.29, 0.717) is 6.79 Å². The Hall–Kier alpha value is -2.03. The highest BCUT2D eigenvalue weighted by atomic mass is 16.7. The molecular weight excluding hydrogens is 202 g/mol. The first-order valence-electron chi connectivity index (χ1n) is 5.27. The summed E-state index contributed by atoms with van der Waals surface area (Å²) >= 11 is 0. The minimum absolute atomic E-state index is 0.323. The van der Waals surface area contributed by atoms with E-state index in [9.17, 15) is 0 Å². The Kier molecular flexibility index (Phi) is 1.41. The Balaban J connectivity index is 1.87. The summed E-state index contributed by atoms with van der Waals surface area (Å²) in [6.45, 7) is 0.323. The van der Waals surface area contributed by atoms with Crippen LogP contribution in [0.3, 0.4) is 0 Å². The maximum atomic E-state index is 5.37. The van der Waals surface area contributed by atoms with E-state index in [1.807, 2.05) is 24.5 Å². The van der Waals surface area contributed by atoms with Gasteiger partial charge in [0.15, 0.2) is 11.5 Å². The molecule has 0 fully saturated rings. The number of ether oxygens (including phenoxy) is 2. The van der Waals surface area contributed by atoms with Crippen LogP contribution in [-0.2, 0) is 6.42 Å². The number of pyridine rings is 1. The van der Waals surface area contributed by atoms with Crippen molar-refractivity contribution in [1.82, 2.24) is 4.98 Å². The number of aromatic nitrogens is 1. The van der Waals surface area contributed by atoms with Crippen molar-refractivity contribution in [3.8, 4) is 22.6 Å². The summed E-state index contributed by atoms with van der Waals surface area (Å²) in [6.07, 6.45) is 4.93. The number of benzene rings is 1. The number of hydrogen-bond acceptors (Lipinski definition) is 3. The highest BCUT2D eigenvalue weighted by Gasteiger charge is 2.23. The molecule has 0 radical (unpaired) electrons. The van der Waals surface area contributed by atoms with Crippen LogP contribution >= 0.6 is 0 Å². The van der Waals surface area contributed by atoms with Crippen LogP contribution in [0, 0.1) is 0 Å². The zero-order valence-electron chi connectivity index (χ0n) is 8.56. The van der Waals surface area contributed by atoms with Gasteiger partial charge in [0.25, 0.3) is 0 Å². The summed E-state index contributed by atoms with van der Waals surface area (Å²) in [7, 11) is 0. The molecule has 2 aromatic rings. The van der Waals surface area contributed by atoms with Crippen LogP contribution in [0.1, 0.15) is 11.1 Å². The van der Waals surface area contributed by atoms with E-state index in [2.05, 4.69) is 11.1 Å². The number of hydrogen-bond donors (Lipinski definition) is 0. The first-order valence-corrected chi connectivity index (χ1v) is 5.27. The topological polar surface area (TPSA) is 31.4 Å². The van der Waals surface area contributed by atoms with E-state index in [0.717, 1.165) is 23.5 Å². The van der Waals surface area contributed by atoms with Crippen molar-refractivity contribution in [2.45, 2.75) is 6.42 Å². The summed E-state index contributed by atoms with van der Waals surface area (Å²) < 4.78 is 10.7. The standard InChI is InChI=1S/C13H9NO2/c1-2-12-13(16-7-15-12)4-8(1)11-6-14-5-9-3-10(9)11/h1-2,4-6H,3,7H2. The summed E-state index contributed by atoms with van der Waals surface area (Å²) in [5.41, 5.74) is 5.14. The molecule has 1 aliphatic heterocycles. The third kappa shape index (κ3) is 1.05. The lowest BCUT2D eigenvalue weighted by Crippen LogP contribution is -1.92. The van der Waals surface area contributed by atoms with Crippen LogP contribution in [0.5, 0.6) is 11.5 Å². The number of fused-ring (bicyclic) bond motifs is 2. The van der Waals surface area contributed by atoms with Crippen LogP contribution in [0.2, 0.25) is 0 Å². The molecule has 0 saturated heterocycles. The highest BCUT2D eigenvalue weighted by molar-refractivity contribution is 5.75. The molecule has 78 valence electrons. The molecule has 1 aromatic carbocycles. The van der Waals surface area contributed by atoms with Crippen molar-refractivity contribution in [3.63, 3.8) is 0 Å². The minimum Gasteiger partial charge on any atom is -0.454 e. The summed E-state index contributed by atoms with van der Waals surface area (Å²) in [5, 5.41) is 0. The molecule has 2 aliphatic rings. The van der Waals surface area contributed by atoms with Gasteiger partial charge < -0.3 is 9.47 Å². The lowest BCUT2D eigenvalue weighted by atomic mass is 10.1. The van der Waals surface area contributed by atoms with Crippen molar-refractivity contribution < 1.29 is 9.47 Å². The van der Waals surface area contributed by atoms with Crippen LogP contribution in [0.15, 0.2) is 30.6 Å². The second-order valence-corrected chi connectivity index (χ2v) is 4.07. The Bertz CT molecular complexity index is 592. The Morgan fingerprint density at radius 3 is 3.00 bits per heavy atom. The summed E-state index contributed by atoms with van der Waals surface area (Å²) in [6, 6.07) is 6.04. The molecule has 0 saturated carbocycles. The molecule has 3 nitrogen and oxygen atoms in total. The summed E-state index contributed by atoms with van der Waals surface area (Å²) in [4.78, 5) is 4.23. The average Bonchev–Trinajstić information content (AvgIpc) is 2.97. The maximum absolute atomic E-state index is 5.37. The highest BCUT2D eigenvalue weighted by Crippen LogP contribution is 2.40. The molecule has 4 rings (SSSR count). The van der Waals surface area contributed by atoms with Gasteiger partial charge in [0.1, 0.15) is 0 Å². The Morgan fingerprint density at radius 2 is 2.00 bits per heavy atom. The fourth-order valence-corrected chi connectivity index (χ4v) is 2.13. The third-order valence-corrected chi connectivity index (χ3v) is 3.07. The van der Waals surface area contributed by atoms with Crippen LogP contribution in [0.4, 0.5) is 0 Å². The fourth-order valence-electron chi connectivity index (χ4n) is 2.13. The molecule has 1 aliphatic carbocycles. The third-order valence-electron chi connectivity index (χ3n) is 3.07. The Morgan fingerprint density at radius 1 is 1.06 bits per heavy atom. The van der Waals surface area contributed by atoms with Gasteiger partial charge in [0.05, 0.1) is 0 Å². The van der Waals surface area contributed by atoms with Gasteiger partial charge in [-0.3, -0.25) is 4.98 Å². The molecule has 0 N–H and O–H groups in total. The lowest BCUT2D eigenvalue weighted by molar-refractivity contribution is 0.174. The van der Waals surface area contributed by atoms with Gasteiger partial charge in [-0.2, -0.15) is 0 Å². The van der Waals surface area contributed by atoms with Gasteiger partial charge in [-0.1, -0.05) is 6.07 Å². The monoisotopic (exact) mass is 211 g/mol. The molecule has 0 amide bonds. The van der Waals surface area contributed by atoms with Crippen LogP contribution < -0.4 is 9.47 Å². The van der Waals surface area contributed by atoms with Crippen LogP contribution in [-0.4, -0.2) is 11.8 Å². The minimum atomic E-state index is 0.323. The quantitative estimate of drug-likeness (QED) is 0.619. The van der Waals surface area contributed by atoms with Crippen molar-refractivity contribution in [2.24, 2.45) is 0 Å². The molecule has 2 heterocycles. The summed E-state index contributed by atoms with van der Waals surface area (Å²) in [5.74, 6) is 1.66. The number of rotatable bonds is 1. The van der Waals surface area contributed by atoms with Crippen molar-refractivity contribution in [3.05, 3.63) is 41.7 Å². The first-order chi connectivity index (χ1) is 7.92. The molecule has 0 atom stereocenters. The Labute approximate surface area is 92.7 Å². The van der Waals surface area contributed by atoms with E-state index in [-0.39, 0.29) is 0 Å². The van der Waals surface area contributed by atoms with E-state index in [4.69, 9.17) is 9.47 Å². The van der Waals surface area contributed by atoms with E-state index < -0.39 is 0 Å².